The normalized spacial score (nSPS) is 46.1. The van der Waals surface area contributed by atoms with Crippen LogP contribution >= 0.6 is 0 Å². The molecule has 4 saturated carbocycles. The van der Waals surface area contributed by atoms with Gasteiger partial charge in [-0.3, -0.25) is 0 Å². The number of carbonyl (C=O) groups excluding carboxylic acids is 4. The van der Waals surface area contributed by atoms with Crippen LogP contribution in [-0.4, -0.2) is 57.5 Å². The van der Waals surface area contributed by atoms with Crippen LogP contribution in [0.2, 0.25) is 4.31 Å². The van der Waals surface area contributed by atoms with E-state index in [9.17, 15) is 19.2 Å². The van der Waals surface area contributed by atoms with E-state index in [1.807, 2.05) is 25.1 Å². The minimum atomic E-state index is -1.20. The number of Topliss-reactive ketones (excluding diaryl/α,β-unsaturated/α-hetero) is 1. The first kappa shape index (κ1) is 24.2. The molecule has 0 unspecified atom stereocenters. The standard InChI is InChI=1S/C28H32O7Se/c1-15-22(30)27-14-26(15,36-17-8-6-5-7-9-17)12-10-18(27)28-13-11-19(34-16(2)29)25(3,24(32)35-28)21(28)20(27)23(31)33-4/h5-9,15,18-21H,10-14H2,1-4H3/t15-,18+,19-,20+,21+,25+,26-,27+,28+/m0/s1. The van der Waals surface area contributed by atoms with Crippen molar-refractivity contribution >= 4 is 43.1 Å². The molecule has 1 spiro atoms. The molecule has 0 N–H and O–H groups in total. The van der Waals surface area contributed by atoms with Crippen molar-refractivity contribution in [1.29, 1.82) is 0 Å². The van der Waals surface area contributed by atoms with Gasteiger partial charge in [0, 0.05) is 0 Å². The molecule has 9 atom stereocenters. The Morgan fingerprint density at radius 3 is 2.50 bits per heavy atom. The van der Waals surface area contributed by atoms with Crippen LogP contribution in [-0.2, 0) is 33.4 Å². The predicted molar refractivity (Wildman–Crippen MR) is 129 cm³/mol. The number of rotatable bonds is 4. The molecular weight excluding hydrogens is 527 g/mol. The summed E-state index contributed by atoms with van der Waals surface area (Å²) < 4.78 is 18.4. The fraction of sp³-hybridized carbons (Fsp3) is 0.643. The fourth-order valence-electron chi connectivity index (χ4n) is 9.10. The molecule has 0 amide bonds. The summed E-state index contributed by atoms with van der Waals surface area (Å²) in [5.74, 6) is -3.02. The number of methoxy groups -OCH3 is 1. The molecule has 1 heterocycles. The molecule has 192 valence electrons. The fourth-order valence-corrected chi connectivity index (χ4v) is 12.4. The van der Waals surface area contributed by atoms with Gasteiger partial charge < -0.3 is 0 Å². The molecule has 1 aromatic rings. The van der Waals surface area contributed by atoms with Gasteiger partial charge in [-0.2, -0.15) is 0 Å². The van der Waals surface area contributed by atoms with Crippen molar-refractivity contribution in [2.45, 2.75) is 68.9 Å². The van der Waals surface area contributed by atoms with Crippen molar-refractivity contribution in [3.63, 3.8) is 0 Å². The first-order valence-corrected chi connectivity index (χ1v) is 14.5. The van der Waals surface area contributed by atoms with E-state index in [1.54, 1.807) is 6.92 Å². The molecular formula is C28H32O7Se. The molecule has 5 fully saturated rings. The summed E-state index contributed by atoms with van der Waals surface area (Å²) in [4.78, 5) is 53.6. The molecule has 7 nitrogen and oxygen atoms in total. The Balaban J connectivity index is 1.51. The number of hydrogen-bond acceptors (Lipinski definition) is 7. The molecule has 8 heteroatoms. The van der Waals surface area contributed by atoms with Crippen LogP contribution in [0.15, 0.2) is 30.3 Å². The predicted octanol–water partition coefficient (Wildman–Crippen LogP) is 2.63. The van der Waals surface area contributed by atoms with Crippen molar-refractivity contribution in [3.8, 4) is 0 Å². The Hall–Kier alpha value is -2.18. The zero-order valence-corrected chi connectivity index (χ0v) is 22.8. The molecule has 0 radical (unpaired) electrons. The summed E-state index contributed by atoms with van der Waals surface area (Å²) in [6.07, 6.45) is 2.47. The average Bonchev–Trinajstić information content (AvgIpc) is 3.27. The van der Waals surface area contributed by atoms with Crippen LogP contribution < -0.4 is 4.46 Å². The van der Waals surface area contributed by atoms with Crippen molar-refractivity contribution < 1.29 is 33.4 Å². The number of carbonyl (C=O) groups is 4. The van der Waals surface area contributed by atoms with E-state index in [2.05, 4.69) is 12.1 Å². The second-order valence-electron chi connectivity index (χ2n) is 11.6. The molecule has 36 heavy (non-hydrogen) atoms. The van der Waals surface area contributed by atoms with Gasteiger partial charge >= 0.3 is 217 Å². The van der Waals surface area contributed by atoms with Gasteiger partial charge in [-0.1, -0.05) is 0 Å². The Morgan fingerprint density at radius 2 is 1.83 bits per heavy atom. The Labute approximate surface area is 217 Å². The van der Waals surface area contributed by atoms with Gasteiger partial charge in [-0.05, 0) is 0 Å². The third-order valence-electron chi connectivity index (χ3n) is 10.4. The van der Waals surface area contributed by atoms with Crippen LogP contribution in [0.5, 0.6) is 0 Å². The van der Waals surface area contributed by atoms with Crippen LogP contribution in [0, 0.1) is 34.5 Å². The first-order valence-electron chi connectivity index (χ1n) is 12.8. The zero-order chi connectivity index (χ0) is 25.7. The molecule has 1 saturated heterocycles. The monoisotopic (exact) mass is 560 g/mol. The summed E-state index contributed by atoms with van der Waals surface area (Å²) in [5, 5.41) is 0. The Kier molecular flexibility index (Phi) is 5.15. The molecule has 4 aliphatic carbocycles. The molecule has 6 rings (SSSR count). The molecule has 1 aromatic carbocycles. The topological polar surface area (TPSA) is 96.0 Å². The van der Waals surface area contributed by atoms with Gasteiger partial charge in [0.15, 0.2) is 0 Å². The quantitative estimate of drug-likeness (QED) is 0.318. The van der Waals surface area contributed by atoms with Crippen LogP contribution in [0.1, 0.15) is 52.9 Å². The van der Waals surface area contributed by atoms with E-state index in [4.69, 9.17) is 14.2 Å². The third-order valence-corrected chi connectivity index (χ3v) is 13.8. The number of fused-ring (bicyclic) bond motifs is 1. The summed E-state index contributed by atoms with van der Waals surface area (Å²) >= 11 is 0.0454. The summed E-state index contributed by atoms with van der Waals surface area (Å²) in [5.41, 5.74) is -3.04. The Bertz CT molecular complexity index is 1170. The summed E-state index contributed by atoms with van der Waals surface area (Å²) in [6, 6.07) is 10.3. The van der Waals surface area contributed by atoms with Crippen molar-refractivity contribution in [2.24, 2.45) is 34.5 Å². The van der Waals surface area contributed by atoms with Gasteiger partial charge in [0.25, 0.3) is 0 Å². The van der Waals surface area contributed by atoms with Crippen molar-refractivity contribution in [3.05, 3.63) is 30.3 Å². The van der Waals surface area contributed by atoms with Gasteiger partial charge in [0.1, 0.15) is 0 Å². The zero-order valence-electron chi connectivity index (χ0n) is 21.1. The maximum absolute atomic E-state index is 14.5. The number of hydrogen-bond donors (Lipinski definition) is 0. The summed E-state index contributed by atoms with van der Waals surface area (Å²) in [7, 11) is 1.35. The van der Waals surface area contributed by atoms with E-state index in [0.29, 0.717) is 19.3 Å². The minimum absolute atomic E-state index is 0.0454. The van der Waals surface area contributed by atoms with E-state index in [1.165, 1.54) is 18.5 Å². The second kappa shape index (κ2) is 7.67. The number of esters is 3. The maximum atomic E-state index is 14.5. The van der Waals surface area contributed by atoms with E-state index >= 15 is 0 Å². The molecule has 0 aromatic heterocycles. The number of ketones is 1. The van der Waals surface area contributed by atoms with Gasteiger partial charge in [0.05, 0.1) is 0 Å². The number of ether oxygens (including phenoxy) is 3. The molecule has 1 aliphatic heterocycles. The average molecular weight is 560 g/mol. The Morgan fingerprint density at radius 1 is 1.11 bits per heavy atom. The van der Waals surface area contributed by atoms with Gasteiger partial charge in [0.2, 0.25) is 0 Å². The van der Waals surface area contributed by atoms with Crippen LogP contribution in [0.4, 0.5) is 0 Å². The SMILES string of the molecule is COC(=O)[C@H]1[C@H]2[C@@]3(CC[C@H](OC(C)=O)[C@@]2(C)C(=O)O3)[C@@H]2CC[C@]3([Se]c4ccccc4)C[C@]12C(=O)[C@@H]3C. The van der Waals surface area contributed by atoms with Gasteiger partial charge in [-0.15, -0.1) is 0 Å². The molecule has 5 aliphatic rings. The van der Waals surface area contributed by atoms with Crippen molar-refractivity contribution in [2.75, 3.05) is 7.11 Å². The van der Waals surface area contributed by atoms with E-state index in [0.717, 1.165) is 12.8 Å². The van der Waals surface area contributed by atoms with Crippen molar-refractivity contribution in [1.82, 2.24) is 0 Å². The second-order valence-corrected chi connectivity index (χ2v) is 14.7. The third kappa shape index (κ3) is 2.70. The first-order chi connectivity index (χ1) is 17.1. The van der Waals surface area contributed by atoms with Crippen LogP contribution in [0.25, 0.3) is 0 Å². The van der Waals surface area contributed by atoms with Crippen LogP contribution in [0.3, 0.4) is 0 Å². The van der Waals surface area contributed by atoms with E-state index < -0.39 is 52.3 Å². The number of benzene rings is 1. The molecule has 4 bridgehead atoms. The van der Waals surface area contributed by atoms with Gasteiger partial charge in [-0.25, -0.2) is 0 Å². The van der Waals surface area contributed by atoms with E-state index in [-0.39, 0.29) is 36.9 Å². The summed E-state index contributed by atoms with van der Waals surface area (Å²) in [6.45, 7) is 5.13.